The molecule has 1 heterocycles. The smallest absolute Gasteiger partial charge is 0.306 e. The third kappa shape index (κ3) is 4.90. The van der Waals surface area contributed by atoms with Crippen molar-refractivity contribution in [2.24, 2.45) is 0 Å². The van der Waals surface area contributed by atoms with Gasteiger partial charge in [-0.1, -0.05) is 13.0 Å². The summed E-state index contributed by atoms with van der Waals surface area (Å²) in [4.78, 5) is 13.8. The van der Waals surface area contributed by atoms with Crippen molar-refractivity contribution < 1.29 is 17.9 Å². The maximum Gasteiger partial charge on any atom is 0.306 e. The lowest BCUT2D eigenvalue weighted by Crippen LogP contribution is -2.41. The molecule has 0 amide bonds. The van der Waals surface area contributed by atoms with Gasteiger partial charge in [0.05, 0.1) is 36.4 Å². The van der Waals surface area contributed by atoms with E-state index in [2.05, 4.69) is 11.8 Å². The van der Waals surface area contributed by atoms with Crippen LogP contribution in [0.4, 0.5) is 11.4 Å². The molecule has 2 N–H and O–H groups in total. The molecular weight excluding hydrogens is 352 g/mol. The minimum absolute atomic E-state index is 0.0775. The summed E-state index contributed by atoms with van der Waals surface area (Å²) >= 11 is 0. The monoisotopic (exact) mass is 382 g/mol. The summed E-state index contributed by atoms with van der Waals surface area (Å²) in [6.07, 6.45) is 2.43. The Bertz CT molecular complexity index is 719. The molecule has 1 atom stereocenters. The van der Waals surface area contributed by atoms with Gasteiger partial charge in [0.25, 0.3) is 0 Å². The van der Waals surface area contributed by atoms with Crippen molar-refractivity contribution in [3.05, 3.63) is 23.8 Å². The number of carbonyl (C=O) groups excluding carboxylic acids is 1. The summed E-state index contributed by atoms with van der Waals surface area (Å²) in [5, 5.41) is 0. The molecule has 1 aromatic rings. The molecule has 1 aliphatic rings. The van der Waals surface area contributed by atoms with Crippen molar-refractivity contribution in [1.29, 1.82) is 0 Å². The summed E-state index contributed by atoms with van der Waals surface area (Å²) in [6.45, 7) is 4.87. The van der Waals surface area contributed by atoms with Crippen LogP contribution in [0.25, 0.3) is 0 Å². The molecule has 0 aliphatic carbocycles. The largest absolute Gasteiger partial charge is 0.469 e. The molecule has 1 unspecified atom stereocenters. The zero-order valence-electron chi connectivity index (χ0n) is 15.9. The molecule has 26 heavy (non-hydrogen) atoms. The molecule has 7 heteroatoms. The molecule has 2 rings (SSSR count). The van der Waals surface area contributed by atoms with E-state index in [1.165, 1.54) is 7.11 Å². The van der Waals surface area contributed by atoms with Crippen molar-refractivity contribution in [2.45, 2.75) is 51.5 Å². The van der Waals surface area contributed by atoms with E-state index in [9.17, 15) is 13.2 Å². The summed E-state index contributed by atoms with van der Waals surface area (Å²) in [5.41, 5.74) is 8.97. The van der Waals surface area contributed by atoms with Gasteiger partial charge in [-0.25, -0.2) is 8.42 Å². The molecule has 0 bridgehead atoms. The van der Waals surface area contributed by atoms with Crippen LogP contribution in [0.5, 0.6) is 0 Å². The zero-order chi connectivity index (χ0) is 19.3. The third-order valence-corrected chi connectivity index (χ3v) is 6.99. The maximum absolute atomic E-state index is 11.7. The Morgan fingerprint density at radius 1 is 1.31 bits per heavy atom. The van der Waals surface area contributed by atoms with Gasteiger partial charge in [0.1, 0.15) is 9.84 Å². The number of nitrogen functional groups attached to an aromatic ring is 1. The molecule has 0 radical (unpaired) electrons. The van der Waals surface area contributed by atoms with Gasteiger partial charge in [-0.05, 0) is 49.8 Å². The van der Waals surface area contributed by atoms with Crippen molar-refractivity contribution in [3.63, 3.8) is 0 Å². The Balaban J connectivity index is 2.20. The van der Waals surface area contributed by atoms with Crippen molar-refractivity contribution >= 4 is 27.2 Å². The van der Waals surface area contributed by atoms with E-state index in [4.69, 9.17) is 10.5 Å². The van der Waals surface area contributed by atoms with Crippen LogP contribution in [-0.4, -0.2) is 45.6 Å². The first-order valence-electron chi connectivity index (χ1n) is 9.24. The van der Waals surface area contributed by atoms with Crippen LogP contribution in [0.15, 0.2) is 18.2 Å². The minimum atomic E-state index is -2.89. The predicted octanol–water partition coefficient (Wildman–Crippen LogP) is 2.73. The first-order valence-corrected chi connectivity index (χ1v) is 11.1. The van der Waals surface area contributed by atoms with E-state index in [-0.39, 0.29) is 29.4 Å². The van der Waals surface area contributed by atoms with Gasteiger partial charge < -0.3 is 15.4 Å². The van der Waals surface area contributed by atoms with Gasteiger partial charge in [0.15, 0.2) is 0 Å². The SMILES string of the molecule is CCC(CC(=O)OC)c1ccc(N(CC)C2CCS(=O)(=O)CC2)c(N)c1. The second-order valence-corrected chi connectivity index (χ2v) is 9.18. The number of hydrogen-bond acceptors (Lipinski definition) is 6. The highest BCUT2D eigenvalue weighted by atomic mass is 32.2. The quantitative estimate of drug-likeness (QED) is 0.576. The molecule has 0 spiro atoms. The molecular formula is C19H30N2O4S. The Kier molecular flexibility index (Phi) is 6.92. The fourth-order valence-electron chi connectivity index (χ4n) is 3.69. The van der Waals surface area contributed by atoms with E-state index < -0.39 is 9.84 Å². The van der Waals surface area contributed by atoms with Crippen LogP contribution in [0, 0.1) is 0 Å². The fourth-order valence-corrected chi connectivity index (χ4v) is 5.15. The lowest BCUT2D eigenvalue weighted by Gasteiger charge is -2.36. The molecule has 146 valence electrons. The first-order chi connectivity index (χ1) is 12.3. The number of esters is 1. The van der Waals surface area contributed by atoms with E-state index in [1.54, 1.807) is 0 Å². The normalized spacial score (nSPS) is 18.3. The predicted molar refractivity (Wildman–Crippen MR) is 105 cm³/mol. The topological polar surface area (TPSA) is 89.7 Å². The number of ether oxygens (including phenoxy) is 1. The zero-order valence-corrected chi connectivity index (χ0v) is 16.7. The highest BCUT2D eigenvalue weighted by Gasteiger charge is 2.28. The van der Waals surface area contributed by atoms with Gasteiger partial charge in [-0.15, -0.1) is 0 Å². The Hall–Kier alpha value is -1.76. The number of nitrogens with zero attached hydrogens (tertiary/aromatic N) is 1. The van der Waals surface area contributed by atoms with Gasteiger partial charge in [0.2, 0.25) is 0 Å². The number of methoxy groups -OCH3 is 1. The van der Waals surface area contributed by atoms with Gasteiger partial charge in [-0.2, -0.15) is 0 Å². The Morgan fingerprint density at radius 3 is 2.46 bits per heavy atom. The molecule has 0 saturated carbocycles. The standard InChI is InChI=1S/C19H30N2O4S/c1-4-14(13-19(22)25-3)15-6-7-18(17(20)12-15)21(5-2)16-8-10-26(23,24)11-9-16/h6-7,12,14,16H,4-5,8-11,13,20H2,1-3H3. The number of carbonyl (C=O) groups is 1. The number of sulfone groups is 1. The summed E-state index contributed by atoms with van der Waals surface area (Å²) < 4.78 is 28.2. The number of nitrogens with two attached hydrogens (primary N) is 1. The maximum atomic E-state index is 11.7. The fraction of sp³-hybridized carbons (Fsp3) is 0.632. The lowest BCUT2D eigenvalue weighted by atomic mass is 9.92. The van der Waals surface area contributed by atoms with Crippen LogP contribution in [0.1, 0.15) is 51.0 Å². The van der Waals surface area contributed by atoms with Crippen LogP contribution < -0.4 is 10.6 Å². The van der Waals surface area contributed by atoms with Crippen LogP contribution in [0.3, 0.4) is 0 Å². The molecule has 6 nitrogen and oxygen atoms in total. The van der Waals surface area contributed by atoms with E-state index in [1.807, 2.05) is 25.1 Å². The first kappa shape index (κ1) is 20.6. The molecule has 1 fully saturated rings. The summed E-state index contributed by atoms with van der Waals surface area (Å²) in [5.74, 6) is 0.332. The summed E-state index contributed by atoms with van der Waals surface area (Å²) in [6, 6.07) is 6.14. The molecule has 1 aliphatic heterocycles. The van der Waals surface area contributed by atoms with Gasteiger partial charge in [0, 0.05) is 12.6 Å². The van der Waals surface area contributed by atoms with Crippen molar-refractivity contribution in [3.8, 4) is 0 Å². The summed E-state index contributed by atoms with van der Waals surface area (Å²) in [7, 11) is -1.49. The number of benzene rings is 1. The lowest BCUT2D eigenvalue weighted by molar-refractivity contribution is -0.141. The van der Waals surface area contributed by atoms with Crippen LogP contribution >= 0.6 is 0 Å². The van der Waals surface area contributed by atoms with Gasteiger partial charge in [-0.3, -0.25) is 4.79 Å². The number of rotatable bonds is 7. The van der Waals surface area contributed by atoms with E-state index in [0.717, 1.165) is 24.2 Å². The number of hydrogen-bond donors (Lipinski definition) is 1. The molecule has 1 aromatic carbocycles. The second kappa shape index (κ2) is 8.75. The average Bonchev–Trinajstić information content (AvgIpc) is 2.62. The number of anilines is 2. The van der Waals surface area contributed by atoms with Crippen LogP contribution in [0.2, 0.25) is 0 Å². The van der Waals surface area contributed by atoms with Gasteiger partial charge >= 0.3 is 5.97 Å². The Morgan fingerprint density at radius 2 is 1.96 bits per heavy atom. The Labute approximate surface area is 156 Å². The third-order valence-electron chi connectivity index (χ3n) is 5.27. The molecule has 0 aromatic heterocycles. The van der Waals surface area contributed by atoms with E-state index >= 15 is 0 Å². The van der Waals surface area contributed by atoms with E-state index in [0.29, 0.717) is 24.9 Å². The van der Waals surface area contributed by atoms with Crippen molar-refractivity contribution in [1.82, 2.24) is 0 Å². The highest BCUT2D eigenvalue weighted by molar-refractivity contribution is 7.91. The van der Waals surface area contributed by atoms with Crippen LogP contribution in [-0.2, 0) is 19.4 Å². The minimum Gasteiger partial charge on any atom is -0.469 e. The average molecular weight is 383 g/mol. The van der Waals surface area contributed by atoms with Crippen molar-refractivity contribution in [2.75, 3.05) is 35.8 Å². The second-order valence-electron chi connectivity index (χ2n) is 6.87. The highest BCUT2D eigenvalue weighted by Crippen LogP contribution is 2.33. The molecule has 1 saturated heterocycles.